The molecule has 1 aromatic carbocycles. The molecule has 2 amide bonds. The number of ether oxygens (including phenoxy) is 1. The third-order valence-electron chi connectivity index (χ3n) is 3.01. The highest BCUT2D eigenvalue weighted by Gasteiger charge is 2.35. The Kier molecular flexibility index (Phi) is 5.57. The molecule has 0 aliphatic heterocycles. The van der Waals surface area contributed by atoms with E-state index in [-0.39, 0.29) is 5.56 Å². The molecule has 6 nitrogen and oxygen atoms in total. The standard InChI is InChI=1S/C15H9F6N3O3/c16-14(17,18)11-5-6-22-7-10(11)13(26)24-23-12(25)8-1-3-9(4-2-8)27-15(19,20)21/h1-7H,(H,23,25)(H,24,26). The minimum Gasteiger partial charge on any atom is -0.406 e. The first-order valence-electron chi connectivity index (χ1n) is 6.95. The van der Waals surface area contributed by atoms with Gasteiger partial charge in [0.25, 0.3) is 11.8 Å². The molecule has 0 radical (unpaired) electrons. The number of hydrazine groups is 1. The van der Waals surface area contributed by atoms with Crippen LogP contribution in [-0.4, -0.2) is 23.2 Å². The molecule has 2 N–H and O–H groups in total. The van der Waals surface area contributed by atoms with Gasteiger partial charge in [0.2, 0.25) is 0 Å². The van der Waals surface area contributed by atoms with E-state index in [9.17, 15) is 35.9 Å². The molecule has 0 aliphatic carbocycles. The third kappa shape index (κ3) is 5.59. The Bertz CT molecular complexity index is 834. The average molecular weight is 393 g/mol. The number of amides is 2. The van der Waals surface area contributed by atoms with Crippen molar-refractivity contribution < 1.29 is 40.7 Å². The number of halogens is 6. The number of alkyl halides is 6. The summed E-state index contributed by atoms with van der Waals surface area (Å²) in [5, 5.41) is 0. The molecular weight excluding hydrogens is 384 g/mol. The number of benzene rings is 1. The second kappa shape index (κ2) is 7.51. The molecule has 0 aliphatic rings. The molecule has 12 heteroatoms. The van der Waals surface area contributed by atoms with Crippen molar-refractivity contribution in [2.75, 3.05) is 0 Å². The van der Waals surface area contributed by atoms with Gasteiger partial charge < -0.3 is 4.74 Å². The fourth-order valence-corrected chi connectivity index (χ4v) is 1.88. The SMILES string of the molecule is O=C(NNC(=O)c1cnccc1C(F)(F)F)c1ccc(OC(F)(F)F)cc1. The van der Waals surface area contributed by atoms with Crippen LogP contribution in [0.25, 0.3) is 0 Å². The van der Waals surface area contributed by atoms with Crippen molar-refractivity contribution in [3.63, 3.8) is 0 Å². The maximum absolute atomic E-state index is 12.8. The average Bonchev–Trinajstić information content (AvgIpc) is 2.58. The first-order chi connectivity index (χ1) is 12.5. The van der Waals surface area contributed by atoms with Gasteiger partial charge in [-0.1, -0.05) is 0 Å². The van der Waals surface area contributed by atoms with Crippen LogP contribution in [0.1, 0.15) is 26.3 Å². The molecule has 0 fully saturated rings. The maximum Gasteiger partial charge on any atom is 0.573 e. The number of nitrogens with zero attached hydrogens (tertiary/aromatic N) is 1. The summed E-state index contributed by atoms with van der Waals surface area (Å²) in [6, 6.07) is 4.23. The van der Waals surface area contributed by atoms with Crippen LogP contribution in [0.15, 0.2) is 42.7 Å². The Hall–Kier alpha value is -3.31. The molecule has 0 saturated heterocycles. The number of rotatable bonds is 3. The number of aromatic nitrogens is 1. The number of carbonyl (C=O) groups is 2. The Morgan fingerprint density at radius 1 is 0.889 bits per heavy atom. The Morgan fingerprint density at radius 3 is 2.04 bits per heavy atom. The van der Waals surface area contributed by atoms with Crippen LogP contribution in [0, 0.1) is 0 Å². The quantitative estimate of drug-likeness (QED) is 0.621. The number of hydrogen-bond donors (Lipinski definition) is 2. The van der Waals surface area contributed by atoms with Gasteiger partial charge in [-0.15, -0.1) is 13.2 Å². The molecule has 144 valence electrons. The molecule has 0 saturated carbocycles. The van der Waals surface area contributed by atoms with Gasteiger partial charge in [0.1, 0.15) is 5.75 Å². The zero-order chi connectivity index (χ0) is 20.2. The summed E-state index contributed by atoms with van der Waals surface area (Å²) in [5.41, 5.74) is 1.37. The van der Waals surface area contributed by atoms with Crippen molar-refractivity contribution in [3.05, 3.63) is 59.4 Å². The minimum atomic E-state index is -4.91. The maximum atomic E-state index is 12.8. The normalized spacial score (nSPS) is 11.6. The lowest BCUT2D eigenvalue weighted by Gasteiger charge is -2.13. The lowest BCUT2D eigenvalue weighted by Crippen LogP contribution is -2.42. The van der Waals surface area contributed by atoms with Gasteiger partial charge >= 0.3 is 12.5 Å². The van der Waals surface area contributed by atoms with E-state index < -0.39 is 41.2 Å². The number of pyridine rings is 1. The van der Waals surface area contributed by atoms with Crippen LogP contribution in [0.5, 0.6) is 5.75 Å². The van der Waals surface area contributed by atoms with Crippen molar-refractivity contribution >= 4 is 11.8 Å². The molecule has 27 heavy (non-hydrogen) atoms. The van der Waals surface area contributed by atoms with Crippen molar-refractivity contribution in [1.82, 2.24) is 15.8 Å². The highest BCUT2D eigenvalue weighted by Crippen LogP contribution is 2.31. The number of carbonyl (C=O) groups excluding carboxylic acids is 2. The van der Waals surface area contributed by atoms with E-state index in [2.05, 4.69) is 9.72 Å². The summed E-state index contributed by atoms with van der Waals surface area (Å²) in [5.74, 6) is -2.83. The second-order valence-corrected chi connectivity index (χ2v) is 4.90. The predicted octanol–water partition coefficient (Wildman–Crippen LogP) is 3.07. The topological polar surface area (TPSA) is 80.3 Å². The molecule has 1 aromatic heterocycles. The molecule has 2 aromatic rings. The summed E-state index contributed by atoms with van der Waals surface area (Å²) >= 11 is 0. The number of nitrogens with one attached hydrogen (secondary N) is 2. The second-order valence-electron chi connectivity index (χ2n) is 4.90. The van der Waals surface area contributed by atoms with E-state index >= 15 is 0 Å². The molecule has 0 unspecified atom stereocenters. The summed E-state index contributed by atoms with van der Waals surface area (Å²) < 4.78 is 78.3. The van der Waals surface area contributed by atoms with E-state index in [1.807, 2.05) is 5.43 Å². The highest BCUT2D eigenvalue weighted by molar-refractivity contribution is 5.99. The Balaban J connectivity index is 2.03. The van der Waals surface area contributed by atoms with Crippen molar-refractivity contribution in [2.24, 2.45) is 0 Å². The van der Waals surface area contributed by atoms with E-state index in [1.165, 1.54) is 0 Å². The largest absolute Gasteiger partial charge is 0.573 e. The molecule has 0 bridgehead atoms. The fourth-order valence-electron chi connectivity index (χ4n) is 1.88. The first kappa shape index (κ1) is 20.0. The van der Waals surface area contributed by atoms with Gasteiger partial charge in [-0.05, 0) is 30.3 Å². The molecule has 1 heterocycles. The first-order valence-corrected chi connectivity index (χ1v) is 6.95. The zero-order valence-corrected chi connectivity index (χ0v) is 13.0. The van der Waals surface area contributed by atoms with Crippen LogP contribution < -0.4 is 15.6 Å². The minimum absolute atomic E-state index is 0.174. The third-order valence-corrected chi connectivity index (χ3v) is 3.01. The fraction of sp³-hybridized carbons (Fsp3) is 0.133. The van der Waals surface area contributed by atoms with Crippen LogP contribution in [0.2, 0.25) is 0 Å². The summed E-state index contributed by atoms with van der Waals surface area (Å²) in [4.78, 5) is 27.1. The van der Waals surface area contributed by atoms with Gasteiger partial charge in [0.15, 0.2) is 0 Å². The van der Waals surface area contributed by atoms with E-state index in [4.69, 9.17) is 0 Å². The van der Waals surface area contributed by atoms with Crippen LogP contribution in [0.4, 0.5) is 26.3 Å². The molecule has 2 rings (SSSR count). The van der Waals surface area contributed by atoms with Crippen molar-refractivity contribution in [3.8, 4) is 5.75 Å². The Labute approximate surface area is 147 Å². The van der Waals surface area contributed by atoms with Gasteiger partial charge in [0, 0.05) is 18.0 Å². The lowest BCUT2D eigenvalue weighted by atomic mass is 10.1. The Morgan fingerprint density at radius 2 is 1.48 bits per heavy atom. The van der Waals surface area contributed by atoms with Gasteiger partial charge in [-0.2, -0.15) is 13.2 Å². The van der Waals surface area contributed by atoms with E-state index in [0.717, 1.165) is 30.5 Å². The van der Waals surface area contributed by atoms with Crippen LogP contribution in [-0.2, 0) is 6.18 Å². The van der Waals surface area contributed by atoms with Crippen molar-refractivity contribution in [1.29, 1.82) is 0 Å². The summed E-state index contributed by atoms with van der Waals surface area (Å²) in [6.45, 7) is 0. The summed E-state index contributed by atoms with van der Waals surface area (Å²) in [7, 11) is 0. The van der Waals surface area contributed by atoms with Gasteiger partial charge in [-0.25, -0.2) is 0 Å². The molecule has 0 atom stereocenters. The monoisotopic (exact) mass is 393 g/mol. The van der Waals surface area contributed by atoms with E-state index in [0.29, 0.717) is 12.3 Å². The lowest BCUT2D eigenvalue weighted by molar-refractivity contribution is -0.274. The molecular formula is C15H9F6N3O3. The van der Waals surface area contributed by atoms with Gasteiger partial charge in [0.05, 0.1) is 11.1 Å². The van der Waals surface area contributed by atoms with Gasteiger partial charge in [-0.3, -0.25) is 25.4 Å². The number of hydrogen-bond acceptors (Lipinski definition) is 4. The molecule has 0 spiro atoms. The van der Waals surface area contributed by atoms with E-state index in [1.54, 1.807) is 5.43 Å². The zero-order valence-electron chi connectivity index (χ0n) is 13.0. The van der Waals surface area contributed by atoms with Crippen molar-refractivity contribution in [2.45, 2.75) is 12.5 Å². The predicted molar refractivity (Wildman–Crippen MR) is 77.3 cm³/mol. The smallest absolute Gasteiger partial charge is 0.406 e. The highest BCUT2D eigenvalue weighted by atomic mass is 19.4. The summed E-state index contributed by atoms with van der Waals surface area (Å²) in [6.07, 6.45) is -8.19. The van der Waals surface area contributed by atoms with Crippen LogP contribution >= 0.6 is 0 Å². The van der Waals surface area contributed by atoms with Crippen LogP contribution in [0.3, 0.4) is 0 Å².